The first kappa shape index (κ1) is 23.7. The van der Waals surface area contributed by atoms with E-state index >= 15 is 0 Å². The zero-order chi connectivity index (χ0) is 25.1. The summed E-state index contributed by atoms with van der Waals surface area (Å²) in [6, 6.07) is 20.5. The molecule has 0 spiro atoms. The minimum atomic E-state index is 0.0839. The largest absolute Gasteiger partial charge is 0.481 e. The standard InChI is InChI=1S/C29H31N5O2/c1-20-9-10-24(15-21(20)2)26-16-27(23-7-5-4-6-8-23)34(32-26)18-29(35)33-13-11-22(12-14-33)25-17-28(36-3)31-19-30-25/h4-10,15-17,19,22H,11-14,18H2,1-3H3. The Morgan fingerprint density at radius 1 is 0.944 bits per heavy atom. The quantitative estimate of drug-likeness (QED) is 0.386. The number of rotatable bonds is 6. The number of nitrogens with zero attached hydrogens (tertiary/aromatic N) is 5. The van der Waals surface area contributed by atoms with Crippen LogP contribution in [0.5, 0.6) is 5.88 Å². The minimum absolute atomic E-state index is 0.0839. The van der Waals surface area contributed by atoms with Crippen LogP contribution in [-0.2, 0) is 11.3 Å². The van der Waals surface area contributed by atoms with Crippen LogP contribution in [0, 0.1) is 13.8 Å². The predicted molar refractivity (Wildman–Crippen MR) is 140 cm³/mol. The molecule has 36 heavy (non-hydrogen) atoms. The maximum Gasteiger partial charge on any atom is 0.244 e. The molecule has 1 saturated heterocycles. The molecule has 1 aliphatic heterocycles. The summed E-state index contributed by atoms with van der Waals surface area (Å²) in [5.41, 5.74) is 7.38. The molecule has 0 atom stereocenters. The summed E-state index contributed by atoms with van der Waals surface area (Å²) >= 11 is 0. The molecule has 5 rings (SSSR count). The van der Waals surface area contributed by atoms with Gasteiger partial charge in [0.2, 0.25) is 11.8 Å². The van der Waals surface area contributed by atoms with Gasteiger partial charge < -0.3 is 9.64 Å². The van der Waals surface area contributed by atoms with Crippen molar-refractivity contribution in [3.05, 3.63) is 83.8 Å². The molecule has 0 N–H and O–H groups in total. The third-order valence-electron chi connectivity index (χ3n) is 7.08. The molecule has 0 unspecified atom stereocenters. The van der Waals surface area contributed by atoms with Gasteiger partial charge in [-0.3, -0.25) is 9.48 Å². The Labute approximate surface area is 211 Å². The molecule has 4 aromatic rings. The van der Waals surface area contributed by atoms with Crippen LogP contribution in [-0.4, -0.2) is 50.8 Å². The van der Waals surface area contributed by atoms with Crippen molar-refractivity contribution in [2.45, 2.75) is 39.2 Å². The number of carbonyl (C=O) groups excluding carboxylic acids is 1. The highest BCUT2D eigenvalue weighted by molar-refractivity contribution is 5.78. The van der Waals surface area contributed by atoms with Gasteiger partial charge in [-0.25, -0.2) is 9.97 Å². The lowest BCUT2D eigenvalue weighted by Gasteiger charge is -2.32. The average Bonchev–Trinajstić information content (AvgIpc) is 3.34. The van der Waals surface area contributed by atoms with E-state index in [0.717, 1.165) is 41.1 Å². The van der Waals surface area contributed by atoms with Gasteiger partial charge in [0.1, 0.15) is 12.9 Å². The maximum absolute atomic E-state index is 13.4. The Morgan fingerprint density at radius 3 is 2.44 bits per heavy atom. The molecule has 7 heteroatoms. The fourth-order valence-corrected chi connectivity index (χ4v) is 4.76. The van der Waals surface area contributed by atoms with Crippen LogP contribution in [0.15, 0.2) is 67.0 Å². The molecule has 0 radical (unpaired) electrons. The third-order valence-corrected chi connectivity index (χ3v) is 7.08. The van der Waals surface area contributed by atoms with Gasteiger partial charge in [0, 0.05) is 30.6 Å². The second-order valence-corrected chi connectivity index (χ2v) is 9.38. The van der Waals surface area contributed by atoms with Crippen LogP contribution >= 0.6 is 0 Å². The number of aryl methyl sites for hydroxylation is 2. The fraction of sp³-hybridized carbons (Fsp3) is 0.310. The Balaban J connectivity index is 1.34. The van der Waals surface area contributed by atoms with E-state index in [1.54, 1.807) is 13.4 Å². The number of amides is 1. The van der Waals surface area contributed by atoms with Crippen molar-refractivity contribution in [2.24, 2.45) is 0 Å². The number of hydrogen-bond donors (Lipinski definition) is 0. The van der Waals surface area contributed by atoms with Gasteiger partial charge in [0.25, 0.3) is 0 Å². The van der Waals surface area contributed by atoms with Crippen molar-refractivity contribution in [2.75, 3.05) is 20.2 Å². The van der Waals surface area contributed by atoms with Crippen LogP contribution in [0.1, 0.15) is 35.6 Å². The summed E-state index contributed by atoms with van der Waals surface area (Å²) in [5.74, 6) is 0.956. The molecule has 0 aliphatic carbocycles. The van der Waals surface area contributed by atoms with E-state index in [-0.39, 0.29) is 12.5 Å². The normalized spacial score (nSPS) is 14.1. The van der Waals surface area contributed by atoms with E-state index < -0.39 is 0 Å². The van der Waals surface area contributed by atoms with Gasteiger partial charge >= 0.3 is 0 Å². The molecule has 2 aromatic heterocycles. The van der Waals surface area contributed by atoms with Crippen molar-refractivity contribution < 1.29 is 9.53 Å². The third kappa shape index (κ3) is 5.00. The highest BCUT2D eigenvalue weighted by atomic mass is 16.5. The molecule has 7 nitrogen and oxygen atoms in total. The number of hydrogen-bond acceptors (Lipinski definition) is 5. The van der Waals surface area contributed by atoms with Crippen molar-refractivity contribution in [1.29, 1.82) is 0 Å². The Kier molecular flexibility index (Phi) is 6.80. The first-order valence-corrected chi connectivity index (χ1v) is 12.4. The molecule has 1 fully saturated rings. The van der Waals surface area contributed by atoms with E-state index in [4.69, 9.17) is 9.84 Å². The van der Waals surface area contributed by atoms with Gasteiger partial charge in [-0.2, -0.15) is 5.10 Å². The summed E-state index contributed by atoms with van der Waals surface area (Å²) in [6.07, 6.45) is 3.27. The number of piperidine rings is 1. The number of likely N-dealkylation sites (tertiary alicyclic amines) is 1. The zero-order valence-corrected chi connectivity index (χ0v) is 21.0. The zero-order valence-electron chi connectivity index (χ0n) is 21.0. The van der Waals surface area contributed by atoms with Gasteiger partial charge in [-0.05, 0) is 55.5 Å². The lowest BCUT2D eigenvalue weighted by atomic mass is 9.93. The summed E-state index contributed by atoms with van der Waals surface area (Å²) < 4.78 is 7.09. The topological polar surface area (TPSA) is 73.1 Å². The molecule has 1 aliphatic rings. The van der Waals surface area contributed by atoms with Gasteiger partial charge in [0.15, 0.2) is 0 Å². The van der Waals surface area contributed by atoms with Crippen LogP contribution < -0.4 is 4.74 Å². The first-order chi connectivity index (χ1) is 17.5. The highest BCUT2D eigenvalue weighted by Gasteiger charge is 2.26. The summed E-state index contributed by atoms with van der Waals surface area (Å²) in [6.45, 7) is 5.82. The van der Waals surface area contributed by atoms with Gasteiger partial charge in [-0.15, -0.1) is 0 Å². The number of carbonyl (C=O) groups is 1. The average molecular weight is 482 g/mol. The van der Waals surface area contributed by atoms with Crippen LogP contribution in [0.3, 0.4) is 0 Å². The highest BCUT2D eigenvalue weighted by Crippen LogP contribution is 2.30. The molecular weight excluding hydrogens is 450 g/mol. The summed E-state index contributed by atoms with van der Waals surface area (Å²) in [7, 11) is 1.61. The number of ether oxygens (including phenoxy) is 1. The second-order valence-electron chi connectivity index (χ2n) is 9.38. The van der Waals surface area contributed by atoms with E-state index in [1.165, 1.54) is 11.1 Å². The van der Waals surface area contributed by atoms with Gasteiger partial charge in [0.05, 0.1) is 24.2 Å². The van der Waals surface area contributed by atoms with Crippen molar-refractivity contribution in [3.8, 4) is 28.4 Å². The maximum atomic E-state index is 13.4. The van der Waals surface area contributed by atoms with E-state index in [9.17, 15) is 4.79 Å². The van der Waals surface area contributed by atoms with Crippen LogP contribution in [0.25, 0.3) is 22.5 Å². The molecule has 3 heterocycles. The van der Waals surface area contributed by atoms with Gasteiger partial charge in [-0.1, -0.05) is 42.5 Å². The number of aromatic nitrogens is 4. The molecule has 184 valence electrons. The molecule has 2 aromatic carbocycles. The van der Waals surface area contributed by atoms with Crippen molar-refractivity contribution >= 4 is 5.91 Å². The first-order valence-electron chi connectivity index (χ1n) is 12.4. The number of methoxy groups -OCH3 is 1. The fourth-order valence-electron chi connectivity index (χ4n) is 4.76. The smallest absolute Gasteiger partial charge is 0.244 e. The lowest BCUT2D eigenvalue weighted by molar-refractivity contribution is -0.133. The predicted octanol–water partition coefficient (Wildman–Crippen LogP) is 5.04. The molecular formula is C29H31N5O2. The Hall–Kier alpha value is -4.00. The van der Waals surface area contributed by atoms with Crippen molar-refractivity contribution in [3.63, 3.8) is 0 Å². The van der Waals surface area contributed by atoms with Crippen LogP contribution in [0.4, 0.5) is 0 Å². The minimum Gasteiger partial charge on any atom is -0.481 e. The second kappa shape index (κ2) is 10.3. The van der Waals surface area contributed by atoms with E-state index in [1.807, 2.05) is 33.8 Å². The molecule has 1 amide bonds. The SMILES string of the molecule is COc1cc(C2CCN(C(=O)Cn3nc(-c4ccc(C)c(C)c4)cc3-c3ccccc3)CC2)ncn1. The molecule has 0 bridgehead atoms. The lowest BCUT2D eigenvalue weighted by Crippen LogP contribution is -2.40. The summed E-state index contributed by atoms with van der Waals surface area (Å²) in [5, 5.41) is 4.88. The monoisotopic (exact) mass is 481 g/mol. The number of benzene rings is 2. The Bertz CT molecular complexity index is 1360. The Morgan fingerprint density at radius 2 is 1.72 bits per heavy atom. The van der Waals surface area contributed by atoms with E-state index in [2.05, 4.69) is 60.2 Å². The summed E-state index contributed by atoms with van der Waals surface area (Å²) in [4.78, 5) is 23.8. The van der Waals surface area contributed by atoms with Crippen molar-refractivity contribution in [1.82, 2.24) is 24.6 Å². The van der Waals surface area contributed by atoms with Crippen LogP contribution in [0.2, 0.25) is 0 Å². The van der Waals surface area contributed by atoms with E-state index in [0.29, 0.717) is 24.9 Å². The molecule has 0 saturated carbocycles.